The molecule has 2 fully saturated rings. The van der Waals surface area contributed by atoms with Gasteiger partial charge in [-0.1, -0.05) is 26.0 Å². The zero-order valence-corrected chi connectivity index (χ0v) is 21.0. The average Bonchev–Trinajstić information content (AvgIpc) is 3.20. The first-order chi connectivity index (χ1) is 16.2. The highest BCUT2D eigenvalue weighted by Gasteiger charge is 2.51. The van der Waals surface area contributed by atoms with Crippen molar-refractivity contribution in [3.05, 3.63) is 52.6 Å². The van der Waals surface area contributed by atoms with E-state index in [1.54, 1.807) is 6.07 Å². The van der Waals surface area contributed by atoms with Crippen molar-refractivity contribution in [1.29, 1.82) is 0 Å². The number of hydrogen-bond donors (Lipinski definition) is 2. The number of nitrogens with zero attached hydrogens (tertiary/aromatic N) is 2. The van der Waals surface area contributed by atoms with Gasteiger partial charge in [-0.15, -0.1) is 0 Å². The average molecular weight is 463 g/mol. The third kappa shape index (κ3) is 3.12. The minimum Gasteiger partial charge on any atom is -0.508 e. The third-order valence-corrected chi connectivity index (χ3v) is 10.2. The molecule has 7 rings (SSSR count). The number of likely N-dealkylation sites (N-methyl/N-ethyl adjacent to an activating group) is 2. The van der Waals surface area contributed by atoms with Gasteiger partial charge in [0.15, 0.2) is 11.5 Å². The van der Waals surface area contributed by atoms with Crippen LogP contribution in [0.1, 0.15) is 55.4 Å². The van der Waals surface area contributed by atoms with E-state index in [0.717, 1.165) is 38.2 Å². The largest absolute Gasteiger partial charge is 0.508 e. The number of aromatic hydroxyl groups is 2. The predicted octanol–water partition coefficient (Wildman–Crippen LogP) is 4.22. The van der Waals surface area contributed by atoms with Gasteiger partial charge in [0.05, 0.1) is 6.61 Å². The number of fused-ring (bicyclic) bond motifs is 5. The Morgan fingerprint density at radius 2 is 1.74 bits per heavy atom. The molecule has 2 N–H and O–H groups in total. The number of likely N-dealkylation sites (tertiary alicyclic amines) is 2. The number of phenols is 2. The fraction of sp³-hybridized carbons (Fsp3) is 0.586. The zero-order valence-electron chi connectivity index (χ0n) is 21.0. The van der Waals surface area contributed by atoms with Crippen molar-refractivity contribution in [2.24, 2.45) is 5.92 Å². The molecule has 2 saturated heterocycles. The SMILES string of the molecule is CC1C2Cc3ccc(O)cc3C1(C)CCN2C.CN1CCC23COc4c(O)ccc(c42)CC1C3. The number of piperidine rings is 2. The molecule has 182 valence electrons. The summed E-state index contributed by atoms with van der Waals surface area (Å²) in [7, 11) is 4.46. The molecule has 4 bridgehead atoms. The minimum absolute atomic E-state index is 0.193. The van der Waals surface area contributed by atoms with E-state index in [2.05, 4.69) is 49.9 Å². The van der Waals surface area contributed by atoms with Crippen LogP contribution >= 0.6 is 0 Å². The van der Waals surface area contributed by atoms with E-state index in [4.69, 9.17) is 4.74 Å². The van der Waals surface area contributed by atoms with Gasteiger partial charge in [-0.25, -0.2) is 0 Å². The maximum Gasteiger partial charge on any atom is 0.165 e. The third-order valence-electron chi connectivity index (χ3n) is 10.2. The van der Waals surface area contributed by atoms with Crippen LogP contribution in [0.15, 0.2) is 30.3 Å². The molecule has 0 radical (unpaired) electrons. The van der Waals surface area contributed by atoms with Gasteiger partial charge in [0.2, 0.25) is 0 Å². The lowest BCUT2D eigenvalue weighted by molar-refractivity contribution is 0.0506. The Labute approximate surface area is 203 Å². The Morgan fingerprint density at radius 3 is 2.56 bits per heavy atom. The van der Waals surface area contributed by atoms with Gasteiger partial charge in [-0.2, -0.15) is 0 Å². The van der Waals surface area contributed by atoms with Gasteiger partial charge in [-0.05, 0) is 106 Å². The summed E-state index contributed by atoms with van der Waals surface area (Å²) in [6, 6.07) is 11.1. The smallest absolute Gasteiger partial charge is 0.165 e. The number of benzene rings is 2. The lowest BCUT2D eigenvalue weighted by atomic mass is 9.59. The Balaban J connectivity index is 0.000000128. The normalized spacial score (nSPS) is 35.5. The number of rotatable bonds is 0. The van der Waals surface area contributed by atoms with Gasteiger partial charge in [-0.3, -0.25) is 0 Å². The standard InChI is InChI=1S/C15H21NO.C14H17NO2/c1-10-14-8-11-4-5-12(17)9-13(11)15(10,2)6-7-16(14)3;1-15-5-4-14-7-10(15)6-9-2-3-11(16)13(12(9)14)17-8-14/h4-5,9-10,14,17H,6-8H2,1-3H3;2-3,10,16H,4-8H2,1H3. The van der Waals surface area contributed by atoms with Crippen molar-refractivity contribution in [1.82, 2.24) is 9.80 Å². The van der Waals surface area contributed by atoms with Crippen LogP contribution in [-0.4, -0.2) is 65.9 Å². The maximum atomic E-state index is 9.90. The molecule has 3 heterocycles. The Morgan fingerprint density at radius 1 is 0.971 bits per heavy atom. The number of phenolic OH excluding ortho intramolecular Hbond substituents is 2. The zero-order chi connectivity index (χ0) is 23.8. The van der Waals surface area contributed by atoms with E-state index in [-0.39, 0.29) is 10.8 Å². The molecule has 0 amide bonds. The summed E-state index contributed by atoms with van der Waals surface area (Å²) < 4.78 is 5.80. The van der Waals surface area contributed by atoms with Gasteiger partial charge in [0, 0.05) is 23.1 Å². The van der Waals surface area contributed by atoms with E-state index in [0.29, 0.717) is 29.5 Å². The quantitative estimate of drug-likeness (QED) is 0.614. The summed E-state index contributed by atoms with van der Waals surface area (Å²) in [5.74, 6) is 2.16. The fourth-order valence-corrected chi connectivity index (χ4v) is 7.73. The molecule has 3 aliphatic heterocycles. The van der Waals surface area contributed by atoms with Crippen molar-refractivity contribution in [3.8, 4) is 17.2 Å². The first kappa shape index (κ1) is 22.2. The van der Waals surface area contributed by atoms with Crippen LogP contribution in [-0.2, 0) is 23.7 Å². The molecule has 1 spiro atoms. The van der Waals surface area contributed by atoms with Crippen LogP contribution in [0.4, 0.5) is 0 Å². The Hall–Kier alpha value is -2.24. The molecule has 34 heavy (non-hydrogen) atoms. The van der Waals surface area contributed by atoms with E-state index < -0.39 is 0 Å². The van der Waals surface area contributed by atoms with Gasteiger partial charge < -0.3 is 24.7 Å². The van der Waals surface area contributed by atoms with Crippen molar-refractivity contribution in [3.63, 3.8) is 0 Å². The molecule has 0 saturated carbocycles. The van der Waals surface area contributed by atoms with Gasteiger partial charge in [0.1, 0.15) is 5.75 Å². The predicted molar refractivity (Wildman–Crippen MR) is 134 cm³/mol. The summed E-state index contributed by atoms with van der Waals surface area (Å²) in [6.07, 6.45) is 5.76. The second-order valence-electron chi connectivity index (χ2n) is 11.9. The van der Waals surface area contributed by atoms with E-state index in [1.165, 1.54) is 41.6 Å². The molecule has 5 atom stereocenters. The molecular formula is C29H38N2O3. The van der Waals surface area contributed by atoms with Crippen LogP contribution in [0, 0.1) is 5.92 Å². The lowest BCUT2D eigenvalue weighted by Gasteiger charge is -2.53. The van der Waals surface area contributed by atoms with E-state index in [9.17, 15) is 10.2 Å². The van der Waals surface area contributed by atoms with Crippen molar-refractivity contribution >= 4 is 0 Å². The second-order valence-corrected chi connectivity index (χ2v) is 11.9. The molecule has 5 nitrogen and oxygen atoms in total. The van der Waals surface area contributed by atoms with Crippen LogP contribution < -0.4 is 4.74 Å². The highest BCUT2D eigenvalue weighted by atomic mass is 16.5. The first-order valence-corrected chi connectivity index (χ1v) is 12.9. The minimum atomic E-state index is 0.193. The van der Waals surface area contributed by atoms with Crippen LogP contribution in [0.25, 0.3) is 0 Å². The topological polar surface area (TPSA) is 56.2 Å². The first-order valence-electron chi connectivity index (χ1n) is 12.9. The highest BCUT2D eigenvalue weighted by molar-refractivity contribution is 5.58. The number of ether oxygens (including phenoxy) is 1. The molecule has 2 aromatic carbocycles. The highest BCUT2D eigenvalue weighted by Crippen LogP contribution is 2.55. The molecule has 2 aromatic rings. The lowest BCUT2D eigenvalue weighted by Crippen LogP contribution is -2.56. The van der Waals surface area contributed by atoms with Crippen molar-refractivity contribution in [2.75, 3.05) is 33.8 Å². The Kier molecular flexibility index (Phi) is 4.99. The van der Waals surface area contributed by atoms with Crippen LogP contribution in [0.5, 0.6) is 17.2 Å². The second kappa shape index (κ2) is 7.63. The van der Waals surface area contributed by atoms with Crippen molar-refractivity contribution in [2.45, 2.75) is 68.9 Å². The Bertz CT molecular complexity index is 1130. The monoisotopic (exact) mass is 462 g/mol. The summed E-state index contributed by atoms with van der Waals surface area (Å²) in [5, 5.41) is 19.6. The van der Waals surface area contributed by atoms with Gasteiger partial charge in [0.25, 0.3) is 0 Å². The molecule has 5 aliphatic rings. The summed E-state index contributed by atoms with van der Waals surface area (Å²) in [6.45, 7) is 7.81. The summed E-state index contributed by atoms with van der Waals surface area (Å²) >= 11 is 0. The maximum absolute atomic E-state index is 9.90. The molecule has 2 aliphatic carbocycles. The number of hydrogen-bond acceptors (Lipinski definition) is 5. The molecular weight excluding hydrogens is 424 g/mol. The summed E-state index contributed by atoms with van der Waals surface area (Å²) in [5.41, 5.74) is 5.96. The fourth-order valence-electron chi connectivity index (χ4n) is 7.73. The molecule has 0 aromatic heterocycles. The molecule has 5 unspecified atom stereocenters. The van der Waals surface area contributed by atoms with Crippen LogP contribution in [0.3, 0.4) is 0 Å². The summed E-state index contributed by atoms with van der Waals surface area (Å²) in [4.78, 5) is 4.97. The van der Waals surface area contributed by atoms with Crippen molar-refractivity contribution < 1.29 is 14.9 Å². The van der Waals surface area contributed by atoms with E-state index >= 15 is 0 Å². The van der Waals surface area contributed by atoms with Gasteiger partial charge >= 0.3 is 0 Å². The van der Waals surface area contributed by atoms with E-state index in [1.807, 2.05) is 12.1 Å². The molecule has 5 heteroatoms. The van der Waals surface area contributed by atoms with Crippen LogP contribution in [0.2, 0.25) is 0 Å².